The van der Waals surface area contributed by atoms with Gasteiger partial charge in [0.15, 0.2) is 0 Å². The Hall–Kier alpha value is -2.29. The number of halogens is 2. The zero-order valence-electron chi connectivity index (χ0n) is 18.9. The summed E-state index contributed by atoms with van der Waals surface area (Å²) in [6.45, 7) is 3.84. The highest BCUT2D eigenvalue weighted by molar-refractivity contribution is 7.92. The van der Waals surface area contributed by atoms with E-state index in [-0.39, 0.29) is 12.5 Å². The van der Waals surface area contributed by atoms with Gasteiger partial charge in [-0.2, -0.15) is 0 Å². The normalized spacial score (nSPS) is 12.2. The van der Waals surface area contributed by atoms with Gasteiger partial charge < -0.3 is 10.2 Å². The molecule has 0 saturated carbocycles. The average molecular weight is 514 g/mol. The van der Waals surface area contributed by atoms with Crippen molar-refractivity contribution in [2.24, 2.45) is 0 Å². The number of para-hydroxylation sites is 1. The summed E-state index contributed by atoms with van der Waals surface area (Å²) in [5.41, 5.74) is 1.04. The molecule has 0 heterocycles. The lowest BCUT2D eigenvalue weighted by Crippen LogP contribution is -2.52. The Bertz CT molecular complexity index is 1060. The van der Waals surface area contributed by atoms with Gasteiger partial charge in [0.1, 0.15) is 12.6 Å². The molecule has 0 aliphatic rings. The van der Waals surface area contributed by atoms with Gasteiger partial charge in [-0.05, 0) is 42.7 Å². The second-order valence-electron chi connectivity index (χ2n) is 7.59. The zero-order chi connectivity index (χ0) is 24.6. The molecule has 0 aromatic heterocycles. The summed E-state index contributed by atoms with van der Waals surface area (Å²) in [6, 6.07) is 12.6. The van der Waals surface area contributed by atoms with E-state index >= 15 is 0 Å². The monoisotopic (exact) mass is 513 g/mol. The summed E-state index contributed by atoms with van der Waals surface area (Å²) in [5.74, 6) is -0.799. The van der Waals surface area contributed by atoms with Gasteiger partial charge in [0, 0.05) is 13.1 Å². The van der Waals surface area contributed by atoms with Gasteiger partial charge >= 0.3 is 0 Å². The minimum atomic E-state index is -3.75. The van der Waals surface area contributed by atoms with Crippen molar-refractivity contribution in [3.8, 4) is 0 Å². The van der Waals surface area contributed by atoms with Crippen molar-refractivity contribution >= 4 is 50.7 Å². The summed E-state index contributed by atoms with van der Waals surface area (Å²) < 4.78 is 26.0. The molecule has 7 nitrogen and oxygen atoms in total. The summed E-state index contributed by atoms with van der Waals surface area (Å²) in [7, 11) is -3.75. The lowest BCUT2D eigenvalue weighted by atomic mass is 10.1. The van der Waals surface area contributed by atoms with Crippen LogP contribution in [0.15, 0.2) is 48.5 Å². The predicted octanol–water partition coefficient (Wildman–Crippen LogP) is 4.09. The standard InChI is InChI=1S/C23H29Cl2N3O4S/c1-4-13-26-23(30)21(5-2)27(15-17-11-12-19(24)20(25)14-17)22(29)16-28(33(3,31)32)18-9-7-6-8-10-18/h6-12,14,21H,4-5,13,15-16H2,1-3H3,(H,26,30)/t21-/m1/s1. The smallest absolute Gasteiger partial charge is 0.244 e. The van der Waals surface area contributed by atoms with E-state index in [1.165, 1.54) is 4.90 Å². The Balaban J connectivity index is 2.42. The van der Waals surface area contributed by atoms with Crippen LogP contribution < -0.4 is 9.62 Å². The molecule has 2 rings (SSSR count). The lowest BCUT2D eigenvalue weighted by molar-refractivity contribution is -0.140. The Morgan fingerprint density at radius 3 is 2.24 bits per heavy atom. The first-order valence-corrected chi connectivity index (χ1v) is 13.2. The molecule has 1 atom stereocenters. The number of nitrogens with zero attached hydrogens (tertiary/aromatic N) is 2. The topological polar surface area (TPSA) is 86.8 Å². The van der Waals surface area contributed by atoms with E-state index < -0.39 is 28.5 Å². The maximum Gasteiger partial charge on any atom is 0.244 e. The molecule has 0 aliphatic carbocycles. The van der Waals surface area contributed by atoms with Crippen LogP contribution in [0.25, 0.3) is 0 Å². The highest BCUT2D eigenvalue weighted by atomic mass is 35.5. The minimum absolute atomic E-state index is 0.0696. The number of carbonyl (C=O) groups excluding carboxylic acids is 2. The fraction of sp³-hybridized carbons (Fsp3) is 0.391. The molecule has 0 unspecified atom stereocenters. The average Bonchev–Trinajstić information content (AvgIpc) is 2.77. The number of hydrogen-bond acceptors (Lipinski definition) is 4. The maximum atomic E-state index is 13.5. The SMILES string of the molecule is CCCNC(=O)[C@@H](CC)N(Cc1ccc(Cl)c(Cl)c1)C(=O)CN(c1ccccc1)S(C)(=O)=O. The third-order valence-electron chi connectivity index (χ3n) is 5.00. The molecule has 2 aromatic rings. The highest BCUT2D eigenvalue weighted by Gasteiger charge is 2.31. The molecule has 2 aromatic carbocycles. The number of hydrogen-bond donors (Lipinski definition) is 1. The van der Waals surface area contributed by atoms with E-state index in [1.54, 1.807) is 55.5 Å². The fourth-order valence-corrected chi connectivity index (χ4v) is 4.50. The number of rotatable bonds is 11. The van der Waals surface area contributed by atoms with Crippen molar-refractivity contribution in [3.63, 3.8) is 0 Å². The van der Waals surface area contributed by atoms with Gasteiger partial charge in [0.2, 0.25) is 21.8 Å². The van der Waals surface area contributed by atoms with Gasteiger partial charge in [-0.15, -0.1) is 0 Å². The maximum absolute atomic E-state index is 13.5. The van der Waals surface area contributed by atoms with Crippen LogP contribution in [0.1, 0.15) is 32.3 Å². The van der Waals surface area contributed by atoms with Crippen LogP contribution in [-0.2, 0) is 26.2 Å². The molecular formula is C23H29Cl2N3O4S. The van der Waals surface area contributed by atoms with E-state index in [1.807, 2.05) is 6.92 Å². The van der Waals surface area contributed by atoms with Gasteiger partial charge in [0.25, 0.3) is 0 Å². The van der Waals surface area contributed by atoms with Gasteiger partial charge in [-0.1, -0.05) is 61.3 Å². The minimum Gasteiger partial charge on any atom is -0.354 e. The molecule has 0 aliphatic heterocycles. The largest absolute Gasteiger partial charge is 0.354 e. The predicted molar refractivity (Wildman–Crippen MR) is 133 cm³/mol. The molecule has 0 saturated heterocycles. The van der Waals surface area contributed by atoms with Crippen molar-refractivity contribution in [1.82, 2.24) is 10.2 Å². The van der Waals surface area contributed by atoms with Crippen molar-refractivity contribution in [3.05, 3.63) is 64.1 Å². The van der Waals surface area contributed by atoms with Crippen molar-refractivity contribution in [2.45, 2.75) is 39.3 Å². The molecule has 0 spiro atoms. The van der Waals surface area contributed by atoms with E-state index in [4.69, 9.17) is 23.2 Å². The number of amides is 2. The van der Waals surface area contributed by atoms with Crippen LogP contribution in [0.2, 0.25) is 10.0 Å². The van der Waals surface area contributed by atoms with Gasteiger partial charge in [0.05, 0.1) is 22.0 Å². The van der Waals surface area contributed by atoms with Crippen LogP contribution in [0, 0.1) is 0 Å². The number of anilines is 1. The number of carbonyl (C=O) groups is 2. The molecule has 2 amide bonds. The lowest BCUT2D eigenvalue weighted by Gasteiger charge is -2.33. The third-order valence-corrected chi connectivity index (χ3v) is 6.88. The summed E-state index contributed by atoms with van der Waals surface area (Å²) in [5, 5.41) is 3.53. The summed E-state index contributed by atoms with van der Waals surface area (Å²) in [6.07, 6.45) is 2.15. The van der Waals surface area contributed by atoms with Crippen LogP contribution in [-0.4, -0.2) is 50.5 Å². The Morgan fingerprint density at radius 1 is 1.03 bits per heavy atom. The second kappa shape index (κ2) is 12.3. The fourth-order valence-electron chi connectivity index (χ4n) is 3.33. The quantitative estimate of drug-likeness (QED) is 0.490. The zero-order valence-corrected chi connectivity index (χ0v) is 21.3. The highest BCUT2D eigenvalue weighted by Crippen LogP contribution is 2.25. The van der Waals surface area contributed by atoms with Crippen LogP contribution in [0.4, 0.5) is 5.69 Å². The van der Waals surface area contributed by atoms with Crippen molar-refractivity contribution in [2.75, 3.05) is 23.7 Å². The molecular weight excluding hydrogens is 485 g/mol. The number of sulfonamides is 1. The number of benzene rings is 2. The Morgan fingerprint density at radius 2 is 1.70 bits per heavy atom. The van der Waals surface area contributed by atoms with Crippen LogP contribution in [0.5, 0.6) is 0 Å². The first kappa shape index (κ1) is 27.0. The van der Waals surface area contributed by atoms with Gasteiger partial charge in [-0.3, -0.25) is 13.9 Å². The molecule has 33 heavy (non-hydrogen) atoms. The first-order chi connectivity index (χ1) is 15.6. The van der Waals surface area contributed by atoms with Gasteiger partial charge in [-0.25, -0.2) is 8.42 Å². The summed E-state index contributed by atoms with van der Waals surface area (Å²) in [4.78, 5) is 27.7. The Kier molecular flexibility index (Phi) is 10.0. The van der Waals surface area contributed by atoms with Crippen LogP contribution >= 0.6 is 23.2 Å². The van der Waals surface area contributed by atoms with Crippen molar-refractivity contribution in [1.29, 1.82) is 0 Å². The molecule has 0 fully saturated rings. The van der Waals surface area contributed by atoms with E-state index in [2.05, 4.69) is 5.32 Å². The molecule has 0 radical (unpaired) electrons. The molecule has 10 heteroatoms. The molecule has 0 bridgehead atoms. The second-order valence-corrected chi connectivity index (χ2v) is 10.3. The van der Waals surface area contributed by atoms with E-state index in [0.29, 0.717) is 34.3 Å². The molecule has 1 N–H and O–H groups in total. The van der Waals surface area contributed by atoms with E-state index in [0.717, 1.165) is 17.0 Å². The van der Waals surface area contributed by atoms with Crippen LogP contribution in [0.3, 0.4) is 0 Å². The summed E-state index contributed by atoms with van der Waals surface area (Å²) >= 11 is 12.2. The third kappa shape index (κ3) is 7.62. The molecule has 180 valence electrons. The Labute approximate surface area is 205 Å². The van der Waals surface area contributed by atoms with Crippen molar-refractivity contribution < 1.29 is 18.0 Å². The van der Waals surface area contributed by atoms with E-state index in [9.17, 15) is 18.0 Å². The first-order valence-electron chi connectivity index (χ1n) is 10.6. The number of nitrogens with one attached hydrogen (secondary N) is 1.